The van der Waals surface area contributed by atoms with Gasteiger partial charge < -0.3 is 5.73 Å². The molecule has 9 rings (SSSR count). The summed E-state index contributed by atoms with van der Waals surface area (Å²) in [6, 6.07) is 39.0. The fourth-order valence-electron chi connectivity index (χ4n) is 7.76. The molecular formula is C49H38FN3. The molecular weight excluding hydrogens is 650 g/mol. The van der Waals surface area contributed by atoms with Crippen molar-refractivity contribution in [2.75, 3.05) is 0 Å². The van der Waals surface area contributed by atoms with Crippen LogP contribution in [-0.4, -0.2) is 10.7 Å². The van der Waals surface area contributed by atoms with Crippen LogP contribution in [0, 0.1) is 5.82 Å². The van der Waals surface area contributed by atoms with Crippen LogP contribution in [0.15, 0.2) is 180 Å². The number of hydrogen-bond acceptors (Lipinski definition) is 3. The Labute approximate surface area is 308 Å². The van der Waals surface area contributed by atoms with E-state index >= 15 is 0 Å². The Morgan fingerprint density at radius 1 is 0.698 bits per heavy atom. The number of rotatable bonds is 7. The predicted octanol–water partition coefficient (Wildman–Crippen LogP) is 12.5. The van der Waals surface area contributed by atoms with E-state index in [4.69, 9.17) is 15.7 Å². The molecule has 2 aliphatic rings. The predicted molar refractivity (Wildman–Crippen MR) is 221 cm³/mol. The molecule has 4 heteroatoms. The lowest BCUT2D eigenvalue weighted by Gasteiger charge is -2.17. The number of nitrogens with zero attached hydrogens (tertiary/aromatic N) is 2. The van der Waals surface area contributed by atoms with Crippen LogP contribution in [-0.2, 0) is 6.54 Å². The summed E-state index contributed by atoms with van der Waals surface area (Å²) >= 11 is 0. The molecule has 0 saturated heterocycles. The number of fused-ring (bicyclic) bond motifs is 8. The SMILES string of the molecule is N/C(=C\C(=N/Cc1ccc(-c2ccc3c(c2)nc(-c2ccc(F)cc2)c2c4ccccc4c4ccccc4c32)cc1)C1=CCCC=C1)C1=CC=CCC1. The van der Waals surface area contributed by atoms with E-state index in [9.17, 15) is 4.39 Å². The van der Waals surface area contributed by atoms with Crippen LogP contribution in [0.3, 0.4) is 0 Å². The molecule has 0 unspecified atom stereocenters. The fraction of sp³-hybridized carbons (Fsp3) is 0.102. The van der Waals surface area contributed by atoms with Gasteiger partial charge in [-0.05, 0) is 111 Å². The van der Waals surface area contributed by atoms with Crippen molar-refractivity contribution in [2.24, 2.45) is 10.7 Å². The molecule has 0 spiro atoms. The first kappa shape index (κ1) is 32.5. The Kier molecular flexibility index (Phi) is 8.57. The van der Waals surface area contributed by atoms with Gasteiger partial charge >= 0.3 is 0 Å². The number of aromatic nitrogens is 1. The second-order valence-corrected chi connectivity index (χ2v) is 13.8. The molecule has 1 heterocycles. The second kappa shape index (κ2) is 14.0. The van der Waals surface area contributed by atoms with Gasteiger partial charge in [0.25, 0.3) is 0 Å². The van der Waals surface area contributed by atoms with Crippen molar-refractivity contribution in [3.63, 3.8) is 0 Å². The Bertz CT molecular complexity index is 2740. The standard InChI is InChI=1S/C49H38FN3/c50-38-26-23-36(24-27-38)49-48-42-18-10-8-16-40(42)39-15-7-9-17-41(39)47(48)43-28-25-37(29-46(43)53-49)33-21-19-32(20-22-33)31-52-45(35-13-5-2-6-14-35)30-44(51)34-11-3-1-4-12-34/h1,3,5,7-11,13-30H,2,4,6,12,31,51H2/b44-30-,52-45+. The van der Waals surface area contributed by atoms with Crippen LogP contribution in [0.1, 0.15) is 31.2 Å². The average Bonchev–Trinajstić information content (AvgIpc) is 3.22. The monoisotopic (exact) mass is 687 g/mol. The highest BCUT2D eigenvalue weighted by molar-refractivity contribution is 6.33. The lowest BCUT2D eigenvalue weighted by atomic mass is 9.89. The summed E-state index contributed by atoms with van der Waals surface area (Å²) in [5, 5.41) is 8.03. The van der Waals surface area contributed by atoms with Gasteiger partial charge in [-0.15, -0.1) is 0 Å². The van der Waals surface area contributed by atoms with Gasteiger partial charge in [0.2, 0.25) is 0 Å². The Balaban J connectivity index is 1.12. The summed E-state index contributed by atoms with van der Waals surface area (Å²) in [5.74, 6) is -0.264. The average molecular weight is 688 g/mol. The number of allylic oxidation sites excluding steroid dienone is 9. The fourth-order valence-corrected chi connectivity index (χ4v) is 7.76. The van der Waals surface area contributed by atoms with Gasteiger partial charge in [0, 0.05) is 27.4 Å². The zero-order valence-electron chi connectivity index (χ0n) is 29.4. The van der Waals surface area contributed by atoms with Crippen LogP contribution in [0.5, 0.6) is 0 Å². The highest BCUT2D eigenvalue weighted by atomic mass is 19.1. The van der Waals surface area contributed by atoms with Crippen molar-refractivity contribution in [2.45, 2.75) is 32.2 Å². The van der Waals surface area contributed by atoms with E-state index in [1.807, 2.05) is 18.2 Å². The van der Waals surface area contributed by atoms with E-state index in [2.05, 4.69) is 127 Å². The number of benzene rings is 6. The van der Waals surface area contributed by atoms with Crippen LogP contribution in [0.4, 0.5) is 4.39 Å². The highest BCUT2D eigenvalue weighted by Crippen LogP contribution is 2.43. The van der Waals surface area contributed by atoms with Crippen molar-refractivity contribution in [3.8, 4) is 22.4 Å². The topological polar surface area (TPSA) is 51.3 Å². The molecule has 0 aliphatic heterocycles. The Morgan fingerprint density at radius 2 is 1.40 bits per heavy atom. The summed E-state index contributed by atoms with van der Waals surface area (Å²) in [5.41, 5.74) is 16.5. The molecule has 256 valence electrons. The number of nitrogens with two attached hydrogens (primary N) is 1. The lowest BCUT2D eigenvalue weighted by Crippen LogP contribution is -2.09. The first-order valence-electron chi connectivity index (χ1n) is 18.4. The third-order valence-electron chi connectivity index (χ3n) is 10.5. The molecule has 0 amide bonds. The molecule has 0 atom stereocenters. The van der Waals surface area contributed by atoms with Gasteiger partial charge in [-0.2, -0.15) is 0 Å². The molecule has 2 N–H and O–H groups in total. The molecule has 0 saturated carbocycles. The first-order chi connectivity index (χ1) is 26.1. The maximum atomic E-state index is 14.1. The normalized spacial score (nSPS) is 15.0. The van der Waals surface area contributed by atoms with E-state index in [-0.39, 0.29) is 5.82 Å². The molecule has 3 nitrogen and oxygen atoms in total. The van der Waals surface area contributed by atoms with Gasteiger partial charge in [-0.1, -0.05) is 121 Å². The largest absolute Gasteiger partial charge is 0.398 e. The van der Waals surface area contributed by atoms with Crippen molar-refractivity contribution < 1.29 is 4.39 Å². The molecule has 2 aliphatic carbocycles. The maximum Gasteiger partial charge on any atom is 0.123 e. The number of pyridine rings is 1. The Hall–Kier alpha value is -6.39. The zero-order valence-corrected chi connectivity index (χ0v) is 29.4. The van der Waals surface area contributed by atoms with Gasteiger partial charge in [0.15, 0.2) is 0 Å². The third-order valence-corrected chi connectivity index (χ3v) is 10.5. The number of aliphatic imine (C=N–C) groups is 1. The lowest BCUT2D eigenvalue weighted by molar-refractivity contribution is 0.628. The molecule has 6 aromatic carbocycles. The molecule has 0 fully saturated rings. The van der Waals surface area contributed by atoms with E-state index in [0.717, 1.165) is 103 Å². The van der Waals surface area contributed by atoms with Crippen LogP contribution >= 0.6 is 0 Å². The summed E-state index contributed by atoms with van der Waals surface area (Å²) in [7, 11) is 0. The van der Waals surface area contributed by atoms with Gasteiger partial charge in [0.05, 0.1) is 23.5 Å². The van der Waals surface area contributed by atoms with E-state index in [0.29, 0.717) is 6.54 Å². The molecule has 0 radical (unpaired) electrons. The van der Waals surface area contributed by atoms with Gasteiger partial charge in [-0.3, -0.25) is 4.99 Å². The van der Waals surface area contributed by atoms with Crippen LogP contribution in [0.2, 0.25) is 0 Å². The molecule has 1 aromatic heterocycles. The summed E-state index contributed by atoms with van der Waals surface area (Å²) in [4.78, 5) is 10.4. The van der Waals surface area contributed by atoms with E-state index in [1.54, 1.807) is 0 Å². The highest BCUT2D eigenvalue weighted by Gasteiger charge is 2.18. The third kappa shape index (κ3) is 6.27. The minimum Gasteiger partial charge on any atom is -0.398 e. The van der Waals surface area contributed by atoms with E-state index < -0.39 is 0 Å². The quantitative estimate of drug-likeness (QED) is 0.134. The first-order valence-corrected chi connectivity index (χ1v) is 18.4. The maximum absolute atomic E-state index is 14.1. The summed E-state index contributed by atoms with van der Waals surface area (Å²) < 4.78 is 14.1. The summed E-state index contributed by atoms with van der Waals surface area (Å²) in [6.07, 6.45) is 19.0. The van der Waals surface area contributed by atoms with Crippen molar-refractivity contribution in [1.29, 1.82) is 0 Å². The minimum absolute atomic E-state index is 0.264. The number of hydrogen-bond donors (Lipinski definition) is 1. The van der Waals surface area contributed by atoms with Gasteiger partial charge in [0.1, 0.15) is 5.82 Å². The van der Waals surface area contributed by atoms with Crippen molar-refractivity contribution >= 4 is 48.9 Å². The van der Waals surface area contributed by atoms with Crippen LogP contribution < -0.4 is 5.73 Å². The van der Waals surface area contributed by atoms with Crippen molar-refractivity contribution in [3.05, 3.63) is 186 Å². The molecule has 7 aromatic rings. The van der Waals surface area contributed by atoms with E-state index in [1.165, 1.54) is 28.3 Å². The zero-order chi connectivity index (χ0) is 35.7. The van der Waals surface area contributed by atoms with Gasteiger partial charge in [-0.25, -0.2) is 9.37 Å². The minimum atomic E-state index is -0.264. The Morgan fingerprint density at radius 3 is 2.09 bits per heavy atom. The van der Waals surface area contributed by atoms with Crippen LogP contribution in [0.25, 0.3) is 65.6 Å². The molecule has 0 bridgehead atoms. The van der Waals surface area contributed by atoms with Crippen molar-refractivity contribution in [1.82, 2.24) is 4.98 Å². The smallest absolute Gasteiger partial charge is 0.123 e. The number of halogens is 1. The summed E-state index contributed by atoms with van der Waals surface area (Å²) in [6.45, 7) is 0.552. The molecule has 53 heavy (non-hydrogen) atoms. The second-order valence-electron chi connectivity index (χ2n) is 13.8.